The predicted octanol–water partition coefficient (Wildman–Crippen LogP) is 1.72. The van der Waals surface area contributed by atoms with Gasteiger partial charge in [0.2, 0.25) is 5.28 Å². The quantitative estimate of drug-likeness (QED) is 0.916. The summed E-state index contributed by atoms with van der Waals surface area (Å²) in [6.45, 7) is 0. The largest absolute Gasteiger partial charge is 0.478 e. The summed E-state index contributed by atoms with van der Waals surface area (Å²) in [6, 6.07) is 1.73. The molecule has 0 bridgehead atoms. The molecule has 0 saturated heterocycles. The Balaban J connectivity index is 2.79. The first kappa shape index (κ1) is 13.6. The van der Waals surface area contributed by atoms with E-state index >= 15 is 0 Å². The third kappa shape index (κ3) is 2.22. The third-order valence-corrected chi connectivity index (χ3v) is 2.95. The molecule has 0 amide bonds. The number of aryl methyl sites for hydroxylation is 1. The number of rotatable bonds is 2. The zero-order valence-corrected chi connectivity index (χ0v) is 10.9. The van der Waals surface area contributed by atoms with Crippen molar-refractivity contribution >= 4 is 29.2 Å². The van der Waals surface area contributed by atoms with Crippen molar-refractivity contribution in [1.29, 1.82) is 0 Å². The maximum absolute atomic E-state index is 13.8. The van der Waals surface area contributed by atoms with Crippen LogP contribution in [0.4, 0.5) is 4.39 Å². The van der Waals surface area contributed by atoms with Gasteiger partial charge < -0.3 is 5.11 Å². The van der Waals surface area contributed by atoms with Gasteiger partial charge in [-0.3, -0.25) is 0 Å². The van der Waals surface area contributed by atoms with Crippen molar-refractivity contribution in [2.75, 3.05) is 0 Å². The normalized spacial score (nSPS) is 10.7. The molecule has 1 aromatic heterocycles. The monoisotopic (exact) mass is 305 g/mol. The summed E-state index contributed by atoms with van der Waals surface area (Å²) in [5.41, 5.74) is -1.38. The van der Waals surface area contributed by atoms with Crippen LogP contribution in [0.3, 0.4) is 0 Å². The zero-order valence-electron chi connectivity index (χ0n) is 9.39. The molecule has 0 fully saturated rings. The predicted molar refractivity (Wildman–Crippen MR) is 65.7 cm³/mol. The molecular formula is C10H6Cl2FN3O3. The lowest BCUT2D eigenvalue weighted by Crippen LogP contribution is -2.22. The van der Waals surface area contributed by atoms with Crippen molar-refractivity contribution in [2.24, 2.45) is 7.05 Å². The summed E-state index contributed by atoms with van der Waals surface area (Å²) in [4.78, 5) is 22.7. The fraction of sp³-hybridized carbons (Fsp3) is 0.100. The van der Waals surface area contributed by atoms with Crippen molar-refractivity contribution < 1.29 is 14.3 Å². The van der Waals surface area contributed by atoms with Crippen LogP contribution in [-0.2, 0) is 7.05 Å². The van der Waals surface area contributed by atoms with E-state index in [4.69, 9.17) is 28.3 Å². The second-order valence-corrected chi connectivity index (χ2v) is 4.34. The van der Waals surface area contributed by atoms with Crippen LogP contribution in [0.25, 0.3) is 5.69 Å². The lowest BCUT2D eigenvalue weighted by atomic mass is 10.2. The minimum absolute atomic E-state index is 0.276. The Kier molecular flexibility index (Phi) is 3.34. The highest BCUT2D eigenvalue weighted by molar-refractivity contribution is 6.33. The van der Waals surface area contributed by atoms with E-state index in [1.54, 1.807) is 0 Å². The van der Waals surface area contributed by atoms with E-state index in [2.05, 4.69) is 5.10 Å². The van der Waals surface area contributed by atoms with Crippen LogP contribution in [0, 0.1) is 5.82 Å². The molecule has 0 atom stereocenters. The molecule has 2 aromatic rings. The Hall–Kier alpha value is -1.86. The smallest absolute Gasteiger partial charge is 0.351 e. The van der Waals surface area contributed by atoms with E-state index in [9.17, 15) is 14.0 Å². The number of nitrogens with zero attached hydrogens (tertiary/aromatic N) is 3. The van der Waals surface area contributed by atoms with Crippen LogP contribution in [0.1, 0.15) is 10.4 Å². The van der Waals surface area contributed by atoms with Crippen molar-refractivity contribution in [2.45, 2.75) is 0 Å². The molecule has 0 unspecified atom stereocenters. The second kappa shape index (κ2) is 4.67. The SMILES string of the molecule is Cn1nc(Cl)n(-c2cc(C(=O)O)c(Cl)cc2F)c1=O. The number of benzene rings is 1. The van der Waals surface area contributed by atoms with Gasteiger partial charge in [0.25, 0.3) is 0 Å². The fourth-order valence-electron chi connectivity index (χ4n) is 1.51. The average molecular weight is 306 g/mol. The molecule has 1 heterocycles. The van der Waals surface area contributed by atoms with Crippen LogP contribution >= 0.6 is 23.2 Å². The van der Waals surface area contributed by atoms with Crippen molar-refractivity contribution in [3.8, 4) is 5.69 Å². The van der Waals surface area contributed by atoms with Crippen LogP contribution in [0.2, 0.25) is 10.3 Å². The molecule has 0 saturated carbocycles. The lowest BCUT2D eigenvalue weighted by molar-refractivity contribution is 0.0697. The minimum atomic E-state index is -1.35. The molecule has 100 valence electrons. The maximum Gasteiger partial charge on any atom is 0.351 e. The van der Waals surface area contributed by atoms with E-state index in [0.29, 0.717) is 0 Å². The molecule has 2 rings (SSSR count). The first-order chi connectivity index (χ1) is 8.82. The molecule has 0 aliphatic heterocycles. The molecular weight excluding hydrogens is 300 g/mol. The Labute approximate surface area is 115 Å². The maximum atomic E-state index is 13.8. The Morgan fingerprint density at radius 2 is 2.05 bits per heavy atom. The highest BCUT2D eigenvalue weighted by Crippen LogP contribution is 2.24. The molecule has 6 nitrogen and oxygen atoms in total. The van der Waals surface area contributed by atoms with E-state index in [0.717, 1.165) is 21.4 Å². The number of aromatic nitrogens is 3. The van der Waals surface area contributed by atoms with Crippen molar-refractivity contribution in [1.82, 2.24) is 14.3 Å². The van der Waals surface area contributed by atoms with Gasteiger partial charge in [-0.25, -0.2) is 23.2 Å². The van der Waals surface area contributed by atoms with E-state index in [-0.39, 0.29) is 21.6 Å². The van der Waals surface area contributed by atoms with Gasteiger partial charge in [0.05, 0.1) is 16.3 Å². The van der Waals surface area contributed by atoms with Crippen LogP contribution < -0.4 is 5.69 Å². The summed E-state index contributed by atoms with van der Waals surface area (Å²) >= 11 is 11.3. The summed E-state index contributed by atoms with van der Waals surface area (Å²) < 4.78 is 15.5. The molecule has 0 radical (unpaired) electrons. The number of hydrogen-bond donors (Lipinski definition) is 1. The molecule has 0 spiro atoms. The molecule has 9 heteroatoms. The van der Waals surface area contributed by atoms with Crippen LogP contribution in [0.5, 0.6) is 0 Å². The number of carbonyl (C=O) groups is 1. The van der Waals surface area contributed by atoms with Gasteiger partial charge in [-0.05, 0) is 23.7 Å². The van der Waals surface area contributed by atoms with Gasteiger partial charge >= 0.3 is 11.7 Å². The number of aromatic carboxylic acids is 1. The van der Waals surface area contributed by atoms with E-state index < -0.39 is 17.5 Å². The van der Waals surface area contributed by atoms with Crippen molar-refractivity contribution in [3.05, 3.63) is 44.3 Å². The number of carboxylic acids is 1. The molecule has 19 heavy (non-hydrogen) atoms. The number of halogens is 3. The van der Waals surface area contributed by atoms with Gasteiger partial charge in [0.15, 0.2) is 0 Å². The van der Waals surface area contributed by atoms with Gasteiger partial charge in [-0.1, -0.05) is 11.6 Å². The lowest BCUT2D eigenvalue weighted by Gasteiger charge is -2.06. The number of carboxylic acid groups (broad SMARTS) is 1. The summed E-state index contributed by atoms with van der Waals surface area (Å²) in [7, 11) is 1.33. The number of hydrogen-bond acceptors (Lipinski definition) is 3. The fourth-order valence-corrected chi connectivity index (χ4v) is 2.02. The molecule has 0 aliphatic carbocycles. The zero-order chi connectivity index (χ0) is 14.3. The highest BCUT2D eigenvalue weighted by atomic mass is 35.5. The molecule has 1 N–H and O–H groups in total. The van der Waals surface area contributed by atoms with Gasteiger partial charge in [0.1, 0.15) is 5.82 Å². The van der Waals surface area contributed by atoms with Crippen LogP contribution in [-0.4, -0.2) is 25.4 Å². The van der Waals surface area contributed by atoms with Gasteiger partial charge in [-0.2, -0.15) is 0 Å². The van der Waals surface area contributed by atoms with Gasteiger partial charge in [-0.15, -0.1) is 5.10 Å². The topological polar surface area (TPSA) is 77.1 Å². The van der Waals surface area contributed by atoms with Gasteiger partial charge in [0, 0.05) is 7.05 Å². The molecule has 1 aromatic carbocycles. The second-order valence-electron chi connectivity index (χ2n) is 3.60. The minimum Gasteiger partial charge on any atom is -0.478 e. The summed E-state index contributed by atoms with van der Waals surface area (Å²) in [6.07, 6.45) is 0. The highest BCUT2D eigenvalue weighted by Gasteiger charge is 2.19. The first-order valence-corrected chi connectivity index (χ1v) is 5.62. The van der Waals surface area contributed by atoms with E-state index in [1.807, 2.05) is 0 Å². The standard InChI is InChI=1S/C10H6Cl2FN3O3/c1-15-10(19)16(9(12)14-15)7-2-4(8(17)18)5(11)3-6(7)13/h2-3H,1H3,(H,17,18). The van der Waals surface area contributed by atoms with E-state index in [1.165, 1.54) is 7.05 Å². The molecule has 0 aliphatic rings. The Morgan fingerprint density at radius 1 is 1.42 bits per heavy atom. The Bertz CT molecular complexity index is 738. The average Bonchev–Trinajstić information content (AvgIpc) is 2.54. The first-order valence-electron chi connectivity index (χ1n) is 4.87. The summed E-state index contributed by atoms with van der Waals surface area (Å²) in [5, 5.41) is 12.0. The van der Waals surface area contributed by atoms with Crippen molar-refractivity contribution in [3.63, 3.8) is 0 Å². The summed E-state index contributed by atoms with van der Waals surface area (Å²) in [5.74, 6) is -2.23. The Morgan fingerprint density at radius 3 is 2.53 bits per heavy atom. The van der Waals surface area contributed by atoms with Crippen LogP contribution in [0.15, 0.2) is 16.9 Å². The third-order valence-electron chi connectivity index (χ3n) is 2.39.